The van der Waals surface area contributed by atoms with E-state index in [0.29, 0.717) is 23.4 Å². The van der Waals surface area contributed by atoms with Crippen LogP contribution in [0, 0.1) is 12.7 Å². The second-order valence-electron chi connectivity index (χ2n) is 7.37. The monoisotopic (exact) mass is 380 g/mol. The number of hydrogen-bond donors (Lipinski definition) is 0. The molecule has 5 heteroatoms. The van der Waals surface area contributed by atoms with Crippen LogP contribution in [-0.4, -0.2) is 17.5 Å². The van der Waals surface area contributed by atoms with Crippen molar-refractivity contribution in [2.45, 2.75) is 40.2 Å². The molecule has 146 valence electrons. The molecule has 0 radical (unpaired) electrons. The first-order valence-electron chi connectivity index (χ1n) is 9.46. The number of nitrogens with zero attached hydrogens (tertiary/aromatic N) is 2. The van der Waals surface area contributed by atoms with Crippen LogP contribution in [0.4, 0.5) is 10.1 Å². The Balaban J connectivity index is 2.11. The number of anilines is 1. The summed E-state index contributed by atoms with van der Waals surface area (Å²) in [6.45, 7) is 8.24. The van der Waals surface area contributed by atoms with Gasteiger partial charge in [0.1, 0.15) is 5.82 Å². The summed E-state index contributed by atoms with van der Waals surface area (Å²) < 4.78 is 15.3. The van der Waals surface area contributed by atoms with Gasteiger partial charge in [0.15, 0.2) is 0 Å². The summed E-state index contributed by atoms with van der Waals surface area (Å²) in [6, 6.07) is 11.7. The minimum Gasteiger partial charge on any atom is -0.311 e. The van der Waals surface area contributed by atoms with Crippen molar-refractivity contribution in [1.29, 1.82) is 0 Å². The quantitative estimate of drug-likeness (QED) is 0.648. The second-order valence-corrected chi connectivity index (χ2v) is 7.37. The van der Waals surface area contributed by atoms with Crippen LogP contribution in [0.15, 0.2) is 47.3 Å². The third-order valence-electron chi connectivity index (χ3n) is 5.16. The van der Waals surface area contributed by atoms with Crippen LogP contribution in [0.2, 0.25) is 0 Å². The highest BCUT2D eigenvalue weighted by Gasteiger charge is 2.17. The van der Waals surface area contributed by atoms with Crippen molar-refractivity contribution in [3.63, 3.8) is 0 Å². The van der Waals surface area contributed by atoms with Crippen molar-refractivity contribution in [3.8, 4) is 0 Å². The van der Waals surface area contributed by atoms with Gasteiger partial charge in [-0.3, -0.25) is 9.59 Å². The highest BCUT2D eigenvalue weighted by Crippen LogP contribution is 2.26. The minimum absolute atomic E-state index is 0.0309. The van der Waals surface area contributed by atoms with Gasteiger partial charge in [-0.1, -0.05) is 13.8 Å². The molecule has 3 rings (SSSR count). The van der Waals surface area contributed by atoms with Crippen molar-refractivity contribution in [2.24, 2.45) is 0 Å². The lowest BCUT2D eigenvalue weighted by molar-refractivity contribution is 0.0993. The van der Waals surface area contributed by atoms with Crippen molar-refractivity contribution < 1.29 is 9.18 Å². The summed E-state index contributed by atoms with van der Waals surface area (Å²) in [5.41, 5.74) is 3.38. The van der Waals surface area contributed by atoms with E-state index in [0.717, 1.165) is 16.5 Å². The van der Waals surface area contributed by atoms with Gasteiger partial charge in [0.05, 0.1) is 5.52 Å². The zero-order valence-electron chi connectivity index (χ0n) is 16.9. The molecule has 0 aliphatic carbocycles. The first-order valence-corrected chi connectivity index (χ1v) is 9.46. The number of fused-ring (bicyclic) bond motifs is 1. The number of carbonyl (C=O) groups excluding carboxylic acids is 1. The molecule has 3 aromatic rings. The number of carbonyl (C=O) groups is 1. The van der Waals surface area contributed by atoms with Gasteiger partial charge in [0.25, 0.3) is 11.5 Å². The molecule has 0 spiro atoms. The van der Waals surface area contributed by atoms with Gasteiger partial charge in [0, 0.05) is 36.3 Å². The van der Waals surface area contributed by atoms with Gasteiger partial charge in [0.2, 0.25) is 0 Å². The molecule has 0 N–H and O–H groups in total. The molecule has 0 unspecified atom stereocenters. The molecule has 1 amide bonds. The summed E-state index contributed by atoms with van der Waals surface area (Å²) in [6.07, 6.45) is 0. The molecule has 28 heavy (non-hydrogen) atoms. The molecule has 0 fully saturated rings. The summed E-state index contributed by atoms with van der Waals surface area (Å²) in [5.74, 6) is -0.323. The minimum atomic E-state index is -0.297. The van der Waals surface area contributed by atoms with E-state index in [2.05, 4.69) is 0 Å². The maximum atomic E-state index is 13.6. The number of pyridine rings is 1. The summed E-state index contributed by atoms with van der Waals surface area (Å²) >= 11 is 0. The number of aromatic nitrogens is 1. The Kier molecular flexibility index (Phi) is 5.36. The van der Waals surface area contributed by atoms with Crippen molar-refractivity contribution >= 4 is 22.5 Å². The molecule has 0 saturated carbocycles. The molecular weight excluding hydrogens is 355 g/mol. The number of hydrogen-bond acceptors (Lipinski definition) is 2. The molecule has 1 heterocycles. The third kappa shape index (κ3) is 3.44. The highest BCUT2D eigenvalue weighted by atomic mass is 19.1. The van der Waals surface area contributed by atoms with E-state index in [1.54, 1.807) is 42.8 Å². The number of rotatable bonds is 4. The van der Waals surface area contributed by atoms with E-state index in [1.807, 2.05) is 32.9 Å². The Morgan fingerprint density at radius 2 is 1.86 bits per heavy atom. The van der Waals surface area contributed by atoms with Gasteiger partial charge in [-0.25, -0.2) is 4.39 Å². The van der Waals surface area contributed by atoms with Crippen molar-refractivity contribution in [1.82, 2.24) is 4.57 Å². The first-order chi connectivity index (χ1) is 13.2. The Hall–Kier alpha value is -2.95. The Morgan fingerprint density at radius 3 is 2.46 bits per heavy atom. The zero-order chi connectivity index (χ0) is 20.6. The SMILES string of the molecule is CCn1c(=O)cc(C(C)C)c2cc(C(=O)N(C)c3ccc(F)c(C)c3)ccc21. The topological polar surface area (TPSA) is 42.3 Å². The average molecular weight is 380 g/mol. The van der Waals surface area contributed by atoms with E-state index in [9.17, 15) is 14.0 Å². The van der Waals surface area contributed by atoms with Crippen LogP contribution in [0.5, 0.6) is 0 Å². The van der Waals surface area contributed by atoms with Crippen molar-refractivity contribution in [3.05, 3.63) is 75.3 Å². The fraction of sp³-hybridized carbons (Fsp3) is 0.304. The second kappa shape index (κ2) is 7.58. The lowest BCUT2D eigenvalue weighted by Crippen LogP contribution is -2.26. The molecule has 1 aromatic heterocycles. The predicted molar refractivity (Wildman–Crippen MR) is 112 cm³/mol. The zero-order valence-corrected chi connectivity index (χ0v) is 16.9. The lowest BCUT2D eigenvalue weighted by atomic mass is 9.97. The molecule has 0 saturated heterocycles. The smallest absolute Gasteiger partial charge is 0.258 e. The van der Waals surface area contributed by atoms with Gasteiger partial charge in [-0.2, -0.15) is 0 Å². The highest BCUT2D eigenvalue weighted by molar-refractivity contribution is 6.07. The largest absolute Gasteiger partial charge is 0.311 e. The summed E-state index contributed by atoms with van der Waals surface area (Å²) in [5, 5.41) is 0.908. The maximum absolute atomic E-state index is 13.6. The Bertz CT molecular complexity index is 1120. The van der Waals surface area contributed by atoms with E-state index in [-0.39, 0.29) is 23.2 Å². The Morgan fingerprint density at radius 1 is 1.14 bits per heavy atom. The molecule has 0 bridgehead atoms. The van der Waals surface area contributed by atoms with Gasteiger partial charge >= 0.3 is 0 Å². The van der Waals surface area contributed by atoms with Crippen molar-refractivity contribution in [2.75, 3.05) is 11.9 Å². The van der Waals surface area contributed by atoms with E-state index in [4.69, 9.17) is 0 Å². The lowest BCUT2D eigenvalue weighted by Gasteiger charge is -2.20. The van der Waals surface area contributed by atoms with E-state index >= 15 is 0 Å². The van der Waals surface area contributed by atoms with Crippen LogP contribution in [0.3, 0.4) is 0 Å². The first kappa shape index (κ1) is 19.8. The van der Waals surface area contributed by atoms with Gasteiger partial charge in [-0.05, 0) is 67.3 Å². The summed E-state index contributed by atoms with van der Waals surface area (Å²) in [7, 11) is 1.68. The molecule has 4 nitrogen and oxygen atoms in total. The van der Waals surface area contributed by atoms with Gasteiger partial charge in [-0.15, -0.1) is 0 Å². The van der Waals surface area contributed by atoms with Gasteiger partial charge < -0.3 is 9.47 Å². The van der Waals surface area contributed by atoms with E-state index in [1.165, 1.54) is 11.0 Å². The van der Waals surface area contributed by atoms with Crippen LogP contribution in [0.1, 0.15) is 48.2 Å². The normalized spacial score (nSPS) is 11.2. The Labute approximate surface area is 164 Å². The molecule has 0 aliphatic rings. The number of amides is 1. The third-order valence-corrected chi connectivity index (χ3v) is 5.16. The predicted octanol–water partition coefficient (Wildman–Crippen LogP) is 4.87. The molecule has 0 atom stereocenters. The molecule has 2 aromatic carbocycles. The number of aryl methyl sites for hydroxylation is 2. The maximum Gasteiger partial charge on any atom is 0.258 e. The standard InChI is InChI=1S/C23H25FN2O2/c1-6-26-21-10-7-16(12-19(21)18(14(2)3)13-22(26)27)23(28)25(5)17-8-9-20(24)15(4)11-17/h7-14H,6H2,1-5H3. The van der Waals surface area contributed by atoms with Crippen LogP contribution in [-0.2, 0) is 6.54 Å². The number of benzene rings is 2. The average Bonchev–Trinajstić information content (AvgIpc) is 2.67. The fourth-order valence-corrected chi connectivity index (χ4v) is 3.50. The molecular formula is C23H25FN2O2. The fourth-order valence-electron chi connectivity index (χ4n) is 3.50. The summed E-state index contributed by atoms with van der Waals surface area (Å²) in [4.78, 5) is 27.0. The number of halogens is 1. The van der Waals surface area contributed by atoms with E-state index < -0.39 is 0 Å². The van der Waals surface area contributed by atoms with Crippen LogP contribution in [0.25, 0.3) is 10.9 Å². The molecule has 0 aliphatic heterocycles. The van der Waals surface area contributed by atoms with Crippen LogP contribution >= 0.6 is 0 Å². The van der Waals surface area contributed by atoms with Crippen LogP contribution < -0.4 is 10.5 Å².